The van der Waals surface area contributed by atoms with Crippen molar-refractivity contribution in [2.75, 3.05) is 13.7 Å². The van der Waals surface area contributed by atoms with E-state index in [1.54, 1.807) is 13.3 Å². The molecule has 3 aromatic carbocycles. The molecule has 0 aliphatic heterocycles. The molecule has 3 N–H and O–H groups in total. The van der Waals surface area contributed by atoms with E-state index in [4.69, 9.17) is 4.74 Å². The summed E-state index contributed by atoms with van der Waals surface area (Å²) in [6.07, 6.45) is 4.02. The van der Waals surface area contributed by atoms with E-state index in [-0.39, 0.29) is 18.6 Å². The maximum atomic E-state index is 13.0. The van der Waals surface area contributed by atoms with Crippen LogP contribution in [-0.4, -0.2) is 34.9 Å². The molecule has 6 heteroatoms. The highest BCUT2D eigenvalue weighted by Gasteiger charge is 2.16. The van der Waals surface area contributed by atoms with E-state index >= 15 is 0 Å². The number of aromatic amines is 1. The largest absolute Gasteiger partial charge is 0.497 e. The standard InChI is InChI=1S/C24H23N3O3/c1-30-22-4-2-3-18(13-22)23(9-10-28)27-24(29)19-8-6-16-5-7-17(11-20(16)12-19)21-14-25-26-15-21/h2-8,11-15,23,28H,9-10H2,1H3,(H,25,26)(H,27,29). The van der Waals surface area contributed by atoms with E-state index in [0.29, 0.717) is 17.7 Å². The van der Waals surface area contributed by atoms with Crippen molar-refractivity contribution in [3.05, 3.63) is 84.2 Å². The third-order valence-electron chi connectivity index (χ3n) is 5.15. The molecule has 0 saturated carbocycles. The summed E-state index contributed by atoms with van der Waals surface area (Å²) in [5.41, 5.74) is 3.48. The van der Waals surface area contributed by atoms with Gasteiger partial charge in [-0.3, -0.25) is 9.89 Å². The Bertz CT molecular complexity index is 1160. The topological polar surface area (TPSA) is 87.2 Å². The first-order valence-corrected chi connectivity index (χ1v) is 9.76. The van der Waals surface area contributed by atoms with Gasteiger partial charge in [0.2, 0.25) is 0 Å². The van der Waals surface area contributed by atoms with E-state index in [1.165, 1.54) is 0 Å². The number of rotatable bonds is 7. The van der Waals surface area contributed by atoms with E-state index in [0.717, 1.165) is 27.5 Å². The number of aromatic nitrogens is 2. The van der Waals surface area contributed by atoms with Gasteiger partial charge in [0.1, 0.15) is 5.75 Å². The number of carbonyl (C=O) groups excluding carboxylic acids is 1. The van der Waals surface area contributed by atoms with Gasteiger partial charge in [-0.2, -0.15) is 5.10 Å². The van der Waals surface area contributed by atoms with Crippen molar-refractivity contribution in [1.29, 1.82) is 0 Å². The Hall–Kier alpha value is -3.64. The van der Waals surface area contributed by atoms with Gasteiger partial charge in [0, 0.05) is 23.9 Å². The molecule has 0 fully saturated rings. The number of hydrogen-bond acceptors (Lipinski definition) is 4. The monoisotopic (exact) mass is 401 g/mol. The number of fused-ring (bicyclic) bond motifs is 1. The van der Waals surface area contributed by atoms with Crippen LogP contribution < -0.4 is 10.1 Å². The highest BCUT2D eigenvalue weighted by atomic mass is 16.5. The normalized spacial score (nSPS) is 11.9. The average Bonchev–Trinajstić information content (AvgIpc) is 3.33. The average molecular weight is 401 g/mol. The highest BCUT2D eigenvalue weighted by Crippen LogP contribution is 2.26. The summed E-state index contributed by atoms with van der Waals surface area (Å²) in [4.78, 5) is 13.0. The second-order valence-corrected chi connectivity index (χ2v) is 7.08. The van der Waals surface area contributed by atoms with Crippen LogP contribution in [0.25, 0.3) is 21.9 Å². The maximum Gasteiger partial charge on any atom is 0.251 e. The first kappa shape index (κ1) is 19.7. The zero-order valence-electron chi connectivity index (χ0n) is 16.6. The van der Waals surface area contributed by atoms with Gasteiger partial charge in [0.25, 0.3) is 5.91 Å². The van der Waals surface area contributed by atoms with E-state index in [1.807, 2.05) is 66.9 Å². The van der Waals surface area contributed by atoms with Crippen molar-refractivity contribution >= 4 is 16.7 Å². The molecule has 4 rings (SSSR count). The van der Waals surface area contributed by atoms with Crippen LogP contribution in [0.3, 0.4) is 0 Å². The summed E-state index contributed by atoms with van der Waals surface area (Å²) < 4.78 is 5.28. The molecule has 1 heterocycles. The predicted octanol–water partition coefficient (Wildman–Crippen LogP) is 4.09. The van der Waals surface area contributed by atoms with Crippen molar-refractivity contribution in [2.24, 2.45) is 0 Å². The highest BCUT2D eigenvalue weighted by molar-refractivity contribution is 5.99. The van der Waals surface area contributed by atoms with Crippen LogP contribution in [0.1, 0.15) is 28.4 Å². The van der Waals surface area contributed by atoms with Crippen LogP contribution >= 0.6 is 0 Å². The SMILES string of the molecule is COc1cccc(C(CCO)NC(=O)c2ccc3ccc(-c4cn[nH]c4)cc3c2)c1. The third-order valence-corrected chi connectivity index (χ3v) is 5.15. The molecule has 1 unspecified atom stereocenters. The quantitative estimate of drug-likeness (QED) is 0.435. The summed E-state index contributed by atoms with van der Waals surface area (Å²) in [7, 11) is 1.60. The zero-order valence-corrected chi connectivity index (χ0v) is 16.6. The number of amides is 1. The van der Waals surface area contributed by atoms with Crippen molar-refractivity contribution < 1.29 is 14.6 Å². The van der Waals surface area contributed by atoms with Crippen LogP contribution in [0.4, 0.5) is 0 Å². The van der Waals surface area contributed by atoms with Crippen LogP contribution in [0, 0.1) is 0 Å². The molecule has 1 amide bonds. The molecule has 0 radical (unpaired) electrons. The van der Waals surface area contributed by atoms with Gasteiger partial charge < -0.3 is 15.2 Å². The van der Waals surface area contributed by atoms with Crippen LogP contribution in [0.5, 0.6) is 5.75 Å². The number of ether oxygens (including phenoxy) is 1. The first-order chi connectivity index (χ1) is 14.7. The summed E-state index contributed by atoms with van der Waals surface area (Å²) in [6.45, 7) is -0.0338. The smallest absolute Gasteiger partial charge is 0.251 e. The Morgan fingerprint density at radius 1 is 1.10 bits per heavy atom. The molecule has 30 heavy (non-hydrogen) atoms. The van der Waals surface area contributed by atoms with Crippen LogP contribution in [-0.2, 0) is 0 Å². The van der Waals surface area contributed by atoms with Gasteiger partial charge in [-0.1, -0.05) is 30.3 Å². The fourth-order valence-corrected chi connectivity index (χ4v) is 3.53. The minimum atomic E-state index is -0.314. The molecule has 1 aromatic heterocycles. The Morgan fingerprint density at radius 2 is 1.97 bits per heavy atom. The van der Waals surface area contributed by atoms with Crippen molar-refractivity contribution in [2.45, 2.75) is 12.5 Å². The lowest BCUT2D eigenvalue weighted by Crippen LogP contribution is -2.29. The molecule has 6 nitrogen and oxygen atoms in total. The fraction of sp³-hybridized carbons (Fsp3) is 0.167. The van der Waals surface area contributed by atoms with Crippen molar-refractivity contribution in [1.82, 2.24) is 15.5 Å². The number of aliphatic hydroxyl groups excluding tert-OH is 1. The molecule has 0 aliphatic carbocycles. The Kier molecular flexibility index (Phi) is 5.77. The number of benzene rings is 3. The number of nitrogens with zero attached hydrogens (tertiary/aromatic N) is 1. The number of H-pyrrole nitrogens is 1. The number of aliphatic hydroxyl groups is 1. The minimum Gasteiger partial charge on any atom is -0.497 e. The Morgan fingerprint density at radius 3 is 2.73 bits per heavy atom. The molecule has 1 atom stereocenters. The summed E-state index contributed by atoms with van der Waals surface area (Å²) in [5.74, 6) is 0.522. The summed E-state index contributed by atoms with van der Waals surface area (Å²) in [5, 5.41) is 21.4. The number of nitrogens with one attached hydrogen (secondary N) is 2. The molecular formula is C24H23N3O3. The summed E-state index contributed by atoms with van der Waals surface area (Å²) >= 11 is 0. The van der Waals surface area contributed by atoms with Crippen molar-refractivity contribution in [3.8, 4) is 16.9 Å². The Balaban J connectivity index is 1.60. The van der Waals surface area contributed by atoms with E-state index in [2.05, 4.69) is 15.5 Å². The van der Waals surface area contributed by atoms with Gasteiger partial charge in [0.15, 0.2) is 0 Å². The molecule has 0 spiro atoms. The molecule has 0 saturated heterocycles. The molecule has 0 bridgehead atoms. The molecular weight excluding hydrogens is 378 g/mol. The van der Waals surface area contributed by atoms with Gasteiger partial charge in [0.05, 0.1) is 19.3 Å². The number of methoxy groups -OCH3 is 1. The van der Waals surface area contributed by atoms with E-state index in [9.17, 15) is 9.90 Å². The van der Waals surface area contributed by atoms with Gasteiger partial charge >= 0.3 is 0 Å². The van der Waals surface area contributed by atoms with E-state index < -0.39 is 0 Å². The maximum absolute atomic E-state index is 13.0. The lowest BCUT2D eigenvalue weighted by molar-refractivity contribution is 0.0930. The summed E-state index contributed by atoms with van der Waals surface area (Å²) in [6, 6.07) is 19.0. The molecule has 152 valence electrons. The first-order valence-electron chi connectivity index (χ1n) is 9.76. The fourth-order valence-electron chi connectivity index (χ4n) is 3.53. The lowest BCUT2D eigenvalue weighted by Gasteiger charge is -2.19. The van der Waals surface area contributed by atoms with Gasteiger partial charge in [-0.05, 0) is 58.7 Å². The number of hydrogen-bond donors (Lipinski definition) is 3. The second-order valence-electron chi connectivity index (χ2n) is 7.08. The lowest BCUT2D eigenvalue weighted by atomic mass is 10.0. The minimum absolute atomic E-state index is 0.0338. The number of carbonyl (C=O) groups is 1. The third kappa shape index (κ3) is 4.18. The second kappa shape index (κ2) is 8.80. The van der Waals surface area contributed by atoms with Crippen LogP contribution in [0.2, 0.25) is 0 Å². The van der Waals surface area contributed by atoms with Crippen molar-refractivity contribution in [3.63, 3.8) is 0 Å². The van der Waals surface area contributed by atoms with Crippen LogP contribution in [0.15, 0.2) is 73.1 Å². The van der Waals surface area contributed by atoms with Gasteiger partial charge in [-0.15, -0.1) is 0 Å². The molecule has 4 aromatic rings. The molecule has 0 aliphatic rings. The van der Waals surface area contributed by atoms with Gasteiger partial charge in [-0.25, -0.2) is 0 Å². The zero-order chi connectivity index (χ0) is 20.9. The predicted molar refractivity (Wildman–Crippen MR) is 116 cm³/mol. The Labute approximate surface area is 174 Å².